The lowest BCUT2D eigenvalue weighted by Gasteiger charge is -2.10. The van der Waals surface area contributed by atoms with E-state index in [0.717, 1.165) is 11.1 Å². The van der Waals surface area contributed by atoms with Gasteiger partial charge in [-0.3, -0.25) is 4.79 Å². The first-order valence-corrected chi connectivity index (χ1v) is 11.8. The van der Waals surface area contributed by atoms with Crippen LogP contribution in [0.2, 0.25) is 0 Å². The highest BCUT2D eigenvalue weighted by Crippen LogP contribution is 2.32. The predicted molar refractivity (Wildman–Crippen MR) is 143 cm³/mol. The number of Topliss-reactive ketones (excluding diaryl/α,β-unsaturated/α-hetero) is 1. The fourth-order valence-corrected chi connectivity index (χ4v) is 3.95. The molecule has 0 saturated heterocycles. The Morgan fingerprint density at radius 3 is 2.41 bits per heavy atom. The van der Waals surface area contributed by atoms with E-state index in [1.54, 1.807) is 31.4 Å². The van der Waals surface area contributed by atoms with E-state index in [9.17, 15) is 4.79 Å². The molecule has 184 valence electrons. The molecule has 4 aromatic carbocycles. The van der Waals surface area contributed by atoms with Crippen LogP contribution in [0.4, 0.5) is 0 Å². The number of nitrogens with zero attached hydrogens (tertiary/aromatic N) is 1. The van der Waals surface area contributed by atoms with Crippen LogP contribution in [0, 0.1) is 0 Å². The Balaban J connectivity index is 1.53. The fourth-order valence-electron chi connectivity index (χ4n) is 3.95. The molecule has 0 N–H and O–H groups in total. The molecule has 1 aromatic heterocycles. The number of methoxy groups -OCH3 is 2. The number of oxazole rings is 1. The van der Waals surface area contributed by atoms with Crippen LogP contribution in [0.1, 0.15) is 27.4 Å². The summed E-state index contributed by atoms with van der Waals surface area (Å²) in [6.07, 6.45) is 1.76. The minimum atomic E-state index is -0.261. The van der Waals surface area contributed by atoms with Gasteiger partial charge in [-0.1, -0.05) is 54.6 Å². The Hall–Kier alpha value is -4.84. The molecule has 5 aromatic rings. The molecule has 5 rings (SSSR count). The van der Waals surface area contributed by atoms with E-state index in [4.69, 9.17) is 18.6 Å². The molecule has 0 bridgehead atoms. The maximum Gasteiger partial charge on any atom is 0.231 e. The summed E-state index contributed by atoms with van der Waals surface area (Å²) in [5.74, 6) is 1.66. The maximum atomic E-state index is 13.8. The zero-order valence-corrected chi connectivity index (χ0v) is 20.5. The molecule has 0 unspecified atom stereocenters. The van der Waals surface area contributed by atoms with Crippen LogP contribution in [0.15, 0.2) is 101 Å². The molecule has 0 atom stereocenters. The molecular weight excluding hydrogens is 466 g/mol. The van der Waals surface area contributed by atoms with Crippen molar-refractivity contribution in [1.29, 1.82) is 0 Å². The second-order valence-electron chi connectivity index (χ2n) is 8.29. The van der Waals surface area contributed by atoms with Gasteiger partial charge in [0.05, 0.1) is 19.8 Å². The summed E-state index contributed by atoms with van der Waals surface area (Å²) < 4.78 is 22.7. The third kappa shape index (κ3) is 5.38. The van der Waals surface area contributed by atoms with Gasteiger partial charge in [-0.25, -0.2) is 4.98 Å². The van der Waals surface area contributed by atoms with E-state index in [-0.39, 0.29) is 11.7 Å². The van der Waals surface area contributed by atoms with Crippen LogP contribution in [-0.4, -0.2) is 25.0 Å². The van der Waals surface area contributed by atoms with Gasteiger partial charge in [0.15, 0.2) is 22.9 Å². The lowest BCUT2D eigenvalue weighted by Crippen LogP contribution is -2.04. The maximum absolute atomic E-state index is 13.8. The van der Waals surface area contributed by atoms with Crippen molar-refractivity contribution in [3.8, 4) is 17.2 Å². The van der Waals surface area contributed by atoms with Crippen LogP contribution in [-0.2, 0) is 6.61 Å². The quantitative estimate of drug-likeness (QED) is 0.166. The van der Waals surface area contributed by atoms with Gasteiger partial charge in [-0.05, 0) is 59.7 Å². The third-order valence-electron chi connectivity index (χ3n) is 5.83. The van der Waals surface area contributed by atoms with Gasteiger partial charge in [0.1, 0.15) is 17.9 Å². The molecule has 0 spiro atoms. The molecule has 6 heteroatoms. The SMILES string of the molecule is COc1ccc(C(=O)C(=Cc2cccc(OCc3ccccc3)c2)c2nc3ccccc3o2)cc1OC. The number of para-hydroxylation sites is 2. The van der Waals surface area contributed by atoms with Crippen molar-refractivity contribution in [3.63, 3.8) is 0 Å². The Labute approximate surface area is 214 Å². The van der Waals surface area contributed by atoms with Crippen molar-refractivity contribution in [3.05, 3.63) is 120 Å². The fraction of sp³-hybridized carbons (Fsp3) is 0.0968. The van der Waals surface area contributed by atoms with Crippen molar-refractivity contribution in [2.45, 2.75) is 6.61 Å². The molecule has 0 aliphatic heterocycles. The molecule has 37 heavy (non-hydrogen) atoms. The number of ketones is 1. The van der Waals surface area contributed by atoms with Gasteiger partial charge in [0, 0.05) is 5.56 Å². The average Bonchev–Trinajstić information content (AvgIpc) is 3.39. The summed E-state index contributed by atoms with van der Waals surface area (Å²) in [4.78, 5) is 18.4. The van der Waals surface area contributed by atoms with Crippen molar-refractivity contribution in [1.82, 2.24) is 4.98 Å². The third-order valence-corrected chi connectivity index (χ3v) is 5.83. The molecule has 0 radical (unpaired) electrons. The normalized spacial score (nSPS) is 11.4. The number of rotatable bonds is 9. The highest BCUT2D eigenvalue weighted by Gasteiger charge is 2.22. The van der Waals surface area contributed by atoms with Crippen LogP contribution >= 0.6 is 0 Å². The molecule has 0 saturated carbocycles. The number of carbonyl (C=O) groups excluding carboxylic acids is 1. The molecule has 0 amide bonds. The smallest absolute Gasteiger partial charge is 0.231 e. The monoisotopic (exact) mass is 491 g/mol. The van der Waals surface area contributed by atoms with Crippen molar-refractivity contribution in [2.24, 2.45) is 0 Å². The first-order valence-electron chi connectivity index (χ1n) is 11.8. The number of carbonyl (C=O) groups is 1. The van der Waals surface area contributed by atoms with Gasteiger partial charge in [0.25, 0.3) is 0 Å². The van der Waals surface area contributed by atoms with Crippen molar-refractivity contribution < 1.29 is 23.4 Å². The van der Waals surface area contributed by atoms with Crippen LogP contribution in [0.25, 0.3) is 22.7 Å². The van der Waals surface area contributed by atoms with E-state index in [1.165, 1.54) is 7.11 Å². The average molecular weight is 492 g/mol. The Bertz CT molecular complexity index is 1540. The minimum absolute atomic E-state index is 0.233. The predicted octanol–water partition coefficient (Wildman–Crippen LogP) is 6.85. The van der Waals surface area contributed by atoms with Crippen molar-refractivity contribution >= 4 is 28.5 Å². The number of hydrogen-bond acceptors (Lipinski definition) is 6. The van der Waals surface area contributed by atoms with E-state index >= 15 is 0 Å². The summed E-state index contributed by atoms with van der Waals surface area (Å²) in [6, 6.07) is 30.0. The van der Waals surface area contributed by atoms with Gasteiger partial charge in [0.2, 0.25) is 5.89 Å². The Morgan fingerprint density at radius 2 is 1.62 bits per heavy atom. The molecule has 0 aliphatic carbocycles. The second kappa shape index (κ2) is 10.8. The Kier molecular flexibility index (Phi) is 6.99. The summed E-state index contributed by atoms with van der Waals surface area (Å²) in [5.41, 5.74) is 3.84. The largest absolute Gasteiger partial charge is 0.493 e. The van der Waals surface area contributed by atoms with Gasteiger partial charge < -0.3 is 18.6 Å². The number of aromatic nitrogens is 1. The highest BCUT2D eigenvalue weighted by molar-refractivity contribution is 6.31. The van der Waals surface area contributed by atoms with E-state index in [2.05, 4.69) is 4.98 Å². The summed E-state index contributed by atoms with van der Waals surface area (Å²) in [6.45, 7) is 0.441. The van der Waals surface area contributed by atoms with Crippen LogP contribution in [0.3, 0.4) is 0 Å². The first-order chi connectivity index (χ1) is 18.1. The number of hydrogen-bond donors (Lipinski definition) is 0. The molecule has 1 heterocycles. The summed E-state index contributed by atoms with van der Waals surface area (Å²) in [7, 11) is 3.08. The minimum Gasteiger partial charge on any atom is -0.493 e. The lowest BCUT2D eigenvalue weighted by atomic mass is 10.00. The van der Waals surface area contributed by atoms with E-state index in [0.29, 0.717) is 46.1 Å². The number of ether oxygens (including phenoxy) is 3. The summed E-state index contributed by atoms with van der Waals surface area (Å²) in [5, 5.41) is 0. The van der Waals surface area contributed by atoms with E-state index in [1.807, 2.05) is 78.9 Å². The Morgan fingerprint density at radius 1 is 0.838 bits per heavy atom. The molecule has 6 nitrogen and oxygen atoms in total. The van der Waals surface area contributed by atoms with Crippen LogP contribution in [0.5, 0.6) is 17.2 Å². The number of fused-ring (bicyclic) bond motifs is 1. The second-order valence-corrected chi connectivity index (χ2v) is 8.29. The van der Waals surface area contributed by atoms with Crippen LogP contribution < -0.4 is 14.2 Å². The summed E-state index contributed by atoms with van der Waals surface area (Å²) >= 11 is 0. The standard InChI is InChI=1S/C31H25NO5/c1-34-28-16-15-23(19-29(28)35-2)30(33)25(31-32-26-13-6-7-14-27(26)37-31)18-22-11-8-12-24(17-22)36-20-21-9-4-3-5-10-21/h3-19H,20H2,1-2H3. The van der Waals surface area contributed by atoms with E-state index < -0.39 is 0 Å². The lowest BCUT2D eigenvalue weighted by molar-refractivity contribution is 0.105. The van der Waals surface area contributed by atoms with Gasteiger partial charge in [-0.2, -0.15) is 0 Å². The molecule has 0 aliphatic rings. The zero-order chi connectivity index (χ0) is 25.6. The molecular formula is C31H25NO5. The van der Waals surface area contributed by atoms with Gasteiger partial charge >= 0.3 is 0 Å². The number of benzene rings is 4. The highest BCUT2D eigenvalue weighted by atomic mass is 16.5. The first kappa shape index (κ1) is 23.9. The molecule has 0 fully saturated rings. The number of allylic oxidation sites excluding steroid dienone is 1. The van der Waals surface area contributed by atoms with Crippen molar-refractivity contribution in [2.75, 3.05) is 14.2 Å². The topological polar surface area (TPSA) is 70.8 Å². The zero-order valence-electron chi connectivity index (χ0n) is 20.5. The van der Waals surface area contributed by atoms with Gasteiger partial charge in [-0.15, -0.1) is 0 Å².